The van der Waals surface area contributed by atoms with E-state index in [2.05, 4.69) is 5.32 Å². The highest BCUT2D eigenvalue weighted by atomic mass is 32.2. The Bertz CT molecular complexity index is 697. The van der Waals surface area contributed by atoms with Gasteiger partial charge in [-0.15, -0.1) is 0 Å². The summed E-state index contributed by atoms with van der Waals surface area (Å²) in [5.74, 6) is 0. The number of nitrogens with zero attached hydrogens (tertiary/aromatic N) is 2. The van der Waals surface area contributed by atoms with E-state index in [4.69, 9.17) is 0 Å². The van der Waals surface area contributed by atoms with Gasteiger partial charge in [0.2, 0.25) is 10.0 Å². The van der Waals surface area contributed by atoms with Gasteiger partial charge in [-0.25, -0.2) is 8.42 Å². The first-order valence-corrected chi connectivity index (χ1v) is 9.21. The number of hydrogen-bond donors (Lipinski definition) is 1. The van der Waals surface area contributed by atoms with Gasteiger partial charge >= 0.3 is 0 Å². The Morgan fingerprint density at radius 1 is 1.35 bits per heavy atom. The second-order valence-electron chi connectivity index (χ2n) is 5.92. The van der Waals surface area contributed by atoms with Crippen LogP contribution in [0, 0.1) is 24.0 Å². The van der Waals surface area contributed by atoms with Crippen molar-refractivity contribution in [1.82, 2.24) is 9.62 Å². The lowest BCUT2D eigenvalue weighted by atomic mass is 10.1. The van der Waals surface area contributed by atoms with Crippen LogP contribution in [0.5, 0.6) is 0 Å². The molecule has 1 unspecified atom stereocenters. The molecule has 1 aliphatic heterocycles. The molecular weight excluding hydrogens is 318 g/mol. The number of rotatable bonds is 6. The zero-order chi connectivity index (χ0) is 17.2. The van der Waals surface area contributed by atoms with Crippen LogP contribution < -0.4 is 5.32 Å². The van der Waals surface area contributed by atoms with E-state index in [1.165, 1.54) is 10.4 Å². The second-order valence-corrected chi connectivity index (χ2v) is 7.78. The number of benzene rings is 1. The molecule has 0 saturated carbocycles. The first-order chi connectivity index (χ1) is 10.8. The minimum Gasteiger partial charge on any atom is -0.315 e. The molecule has 0 bridgehead atoms. The molecule has 0 amide bonds. The fourth-order valence-corrected chi connectivity index (χ4v) is 5.00. The molecule has 1 aromatic rings. The van der Waals surface area contributed by atoms with Gasteiger partial charge in [0.05, 0.1) is 9.82 Å². The van der Waals surface area contributed by atoms with Gasteiger partial charge in [0, 0.05) is 30.8 Å². The molecule has 8 heteroatoms. The molecule has 2 rings (SSSR count). The molecule has 1 heterocycles. The highest BCUT2D eigenvalue weighted by Crippen LogP contribution is 2.29. The van der Waals surface area contributed by atoms with Gasteiger partial charge in [-0.05, 0) is 44.9 Å². The average Bonchev–Trinajstić information content (AvgIpc) is 2.97. The summed E-state index contributed by atoms with van der Waals surface area (Å²) >= 11 is 0. The smallest absolute Gasteiger partial charge is 0.273 e. The molecule has 1 atom stereocenters. The molecule has 23 heavy (non-hydrogen) atoms. The first kappa shape index (κ1) is 17.8. The van der Waals surface area contributed by atoms with E-state index in [0.717, 1.165) is 13.0 Å². The van der Waals surface area contributed by atoms with Gasteiger partial charge in [-0.3, -0.25) is 10.1 Å². The maximum Gasteiger partial charge on any atom is 0.273 e. The number of nitrogens with one attached hydrogen (secondary N) is 1. The van der Waals surface area contributed by atoms with Crippen LogP contribution in [-0.2, 0) is 10.0 Å². The van der Waals surface area contributed by atoms with Gasteiger partial charge < -0.3 is 5.32 Å². The van der Waals surface area contributed by atoms with E-state index in [-0.39, 0.29) is 16.6 Å². The van der Waals surface area contributed by atoms with Crippen molar-refractivity contribution in [3.8, 4) is 0 Å². The molecule has 1 aliphatic rings. The van der Waals surface area contributed by atoms with E-state index in [0.29, 0.717) is 30.6 Å². The monoisotopic (exact) mass is 341 g/mol. The third-order valence-corrected chi connectivity index (χ3v) is 6.26. The molecule has 128 valence electrons. The van der Waals surface area contributed by atoms with Crippen molar-refractivity contribution in [2.75, 3.05) is 19.6 Å². The van der Waals surface area contributed by atoms with Crippen LogP contribution in [0.2, 0.25) is 0 Å². The van der Waals surface area contributed by atoms with Crippen molar-refractivity contribution in [2.45, 2.75) is 44.6 Å². The molecule has 0 spiro atoms. The van der Waals surface area contributed by atoms with Crippen LogP contribution in [0.3, 0.4) is 0 Å². The Balaban J connectivity index is 2.52. The molecule has 0 radical (unpaired) electrons. The van der Waals surface area contributed by atoms with Crippen molar-refractivity contribution >= 4 is 15.7 Å². The van der Waals surface area contributed by atoms with Gasteiger partial charge in [0.15, 0.2) is 0 Å². The average molecular weight is 341 g/mol. The minimum absolute atomic E-state index is 0.0372. The third kappa shape index (κ3) is 3.54. The van der Waals surface area contributed by atoms with E-state index in [9.17, 15) is 18.5 Å². The highest BCUT2D eigenvalue weighted by molar-refractivity contribution is 7.89. The van der Waals surface area contributed by atoms with Crippen LogP contribution in [0.4, 0.5) is 5.69 Å². The van der Waals surface area contributed by atoms with Gasteiger partial charge in [-0.1, -0.05) is 6.92 Å². The molecule has 0 aromatic heterocycles. The van der Waals surface area contributed by atoms with E-state index < -0.39 is 14.9 Å². The van der Waals surface area contributed by atoms with E-state index in [1.54, 1.807) is 19.9 Å². The SMILES string of the molecule is CCCN(C1CCNC1)S(=O)(=O)c1cc([N+](=O)[O-])c(C)cc1C. The Labute approximate surface area is 136 Å². The first-order valence-electron chi connectivity index (χ1n) is 7.77. The molecule has 1 aromatic carbocycles. The van der Waals surface area contributed by atoms with Crippen molar-refractivity contribution in [3.63, 3.8) is 0 Å². The Morgan fingerprint density at radius 3 is 2.57 bits per heavy atom. The minimum atomic E-state index is -3.76. The summed E-state index contributed by atoms with van der Waals surface area (Å²) < 4.78 is 27.7. The van der Waals surface area contributed by atoms with E-state index >= 15 is 0 Å². The largest absolute Gasteiger partial charge is 0.315 e. The fraction of sp³-hybridized carbons (Fsp3) is 0.600. The third-order valence-electron chi connectivity index (χ3n) is 4.16. The Hall–Kier alpha value is -1.51. The summed E-state index contributed by atoms with van der Waals surface area (Å²) in [6.45, 7) is 7.04. The van der Waals surface area contributed by atoms with Crippen LogP contribution >= 0.6 is 0 Å². The maximum absolute atomic E-state index is 13.1. The summed E-state index contributed by atoms with van der Waals surface area (Å²) in [6, 6.07) is 2.67. The summed E-state index contributed by atoms with van der Waals surface area (Å²) in [5, 5.41) is 14.3. The molecule has 1 N–H and O–H groups in total. The molecule has 0 aliphatic carbocycles. The van der Waals surface area contributed by atoms with Crippen LogP contribution in [0.1, 0.15) is 30.9 Å². The lowest BCUT2D eigenvalue weighted by Crippen LogP contribution is -2.42. The lowest BCUT2D eigenvalue weighted by molar-refractivity contribution is -0.385. The van der Waals surface area contributed by atoms with Crippen LogP contribution in [0.15, 0.2) is 17.0 Å². The number of nitro benzene ring substituents is 1. The maximum atomic E-state index is 13.1. The molecular formula is C15H23N3O4S. The number of hydrogen-bond acceptors (Lipinski definition) is 5. The summed E-state index contributed by atoms with van der Waals surface area (Å²) in [5.41, 5.74) is 0.853. The number of sulfonamides is 1. The Morgan fingerprint density at radius 2 is 2.04 bits per heavy atom. The van der Waals surface area contributed by atoms with Gasteiger partial charge in [0.1, 0.15) is 0 Å². The van der Waals surface area contributed by atoms with Gasteiger partial charge in [-0.2, -0.15) is 4.31 Å². The highest BCUT2D eigenvalue weighted by Gasteiger charge is 2.34. The predicted octanol–water partition coefficient (Wildman–Crippen LogP) is 1.97. The van der Waals surface area contributed by atoms with Crippen LogP contribution in [0.25, 0.3) is 0 Å². The second kappa shape index (κ2) is 6.94. The molecule has 1 saturated heterocycles. The Kier molecular flexibility index (Phi) is 5.38. The topological polar surface area (TPSA) is 92.6 Å². The van der Waals surface area contributed by atoms with Crippen molar-refractivity contribution in [1.29, 1.82) is 0 Å². The van der Waals surface area contributed by atoms with Gasteiger partial charge in [0.25, 0.3) is 5.69 Å². The lowest BCUT2D eigenvalue weighted by Gasteiger charge is -2.28. The summed E-state index contributed by atoms with van der Waals surface area (Å²) in [6.07, 6.45) is 1.45. The van der Waals surface area contributed by atoms with Crippen LogP contribution in [-0.4, -0.2) is 43.3 Å². The number of nitro groups is 1. The predicted molar refractivity (Wildman–Crippen MR) is 88.0 cm³/mol. The summed E-state index contributed by atoms with van der Waals surface area (Å²) in [7, 11) is -3.76. The summed E-state index contributed by atoms with van der Waals surface area (Å²) in [4.78, 5) is 10.7. The zero-order valence-corrected chi connectivity index (χ0v) is 14.5. The fourth-order valence-electron chi connectivity index (χ4n) is 3.03. The van der Waals surface area contributed by atoms with E-state index in [1.807, 2.05) is 6.92 Å². The van der Waals surface area contributed by atoms with Crippen molar-refractivity contribution < 1.29 is 13.3 Å². The van der Waals surface area contributed by atoms with Crippen molar-refractivity contribution in [2.24, 2.45) is 0 Å². The standard InChI is InChI=1S/C15H23N3O4S/c1-4-7-17(13-5-6-16-10-13)23(21,22)15-9-14(18(19)20)11(2)8-12(15)3/h8-9,13,16H,4-7,10H2,1-3H3. The normalized spacial score (nSPS) is 18.5. The molecule has 7 nitrogen and oxygen atoms in total. The number of aryl methyl sites for hydroxylation is 2. The quantitative estimate of drug-likeness (QED) is 0.631. The van der Waals surface area contributed by atoms with Crippen molar-refractivity contribution in [3.05, 3.63) is 33.4 Å². The molecule has 1 fully saturated rings. The zero-order valence-electron chi connectivity index (χ0n) is 13.7.